The van der Waals surface area contributed by atoms with Gasteiger partial charge in [0, 0.05) is 13.3 Å². The fourth-order valence-corrected chi connectivity index (χ4v) is 3.62. The molecule has 0 aromatic carbocycles. The van der Waals surface area contributed by atoms with Gasteiger partial charge in [0.1, 0.15) is 24.1 Å². The molecule has 0 aromatic rings. The number of hydrazone groups is 1. The minimum absolute atomic E-state index is 0.216. The Hall–Kier alpha value is -2.08. The maximum absolute atomic E-state index is 10.5. The summed E-state index contributed by atoms with van der Waals surface area (Å²) in [5, 5.41) is 34.3. The first kappa shape index (κ1) is 20.6. The lowest BCUT2D eigenvalue weighted by atomic mass is 9.90. The number of aliphatic hydroxyl groups excluding tert-OH is 3. The van der Waals surface area contributed by atoms with Gasteiger partial charge in [0.2, 0.25) is 5.96 Å². The number of amidine groups is 1. The number of rotatable bonds is 7. The van der Waals surface area contributed by atoms with E-state index in [9.17, 15) is 15.3 Å². The van der Waals surface area contributed by atoms with E-state index >= 15 is 0 Å². The van der Waals surface area contributed by atoms with Crippen LogP contribution in [0.2, 0.25) is 0 Å². The van der Waals surface area contributed by atoms with Gasteiger partial charge in [-0.2, -0.15) is 10.1 Å². The SMILES string of the molecule is COC(CO)[C@@H](O)C(O)N1C=NC2C(N)=NC(N/N=C\C3CCCCC3)=NC21. The number of fused-ring (bicyclic) bond motifs is 1. The van der Waals surface area contributed by atoms with Crippen LogP contribution in [-0.2, 0) is 4.74 Å². The third kappa shape index (κ3) is 4.49. The van der Waals surface area contributed by atoms with Crippen LogP contribution in [0.1, 0.15) is 32.1 Å². The van der Waals surface area contributed by atoms with E-state index in [0.717, 1.165) is 12.8 Å². The van der Waals surface area contributed by atoms with E-state index in [4.69, 9.17) is 10.5 Å². The quantitative estimate of drug-likeness (QED) is 0.261. The second-order valence-corrected chi connectivity index (χ2v) is 7.21. The molecule has 3 aliphatic rings. The van der Waals surface area contributed by atoms with E-state index in [1.807, 2.05) is 6.21 Å². The monoisotopic (exact) mass is 395 g/mol. The van der Waals surface area contributed by atoms with Gasteiger partial charge < -0.3 is 30.7 Å². The molecule has 3 rings (SSSR count). The average molecular weight is 395 g/mol. The van der Waals surface area contributed by atoms with Crippen molar-refractivity contribution >= 4 is 24.3 Å². The standard InChI is InChI=1S/C17H29N7O4/c1-28-11(8-25)13(26)16(27)24-9-19-12-14(18)21-17(22-15(12)24)23-20-7-10-5-3-2-4-6-10/h7,9-13,15-16,25-27H,2-6,8H2,1H3,(H3,18,21,22,23)/b20-7-/t11?,12?,13-,15?,16?/m1/s1. The molecule has 0 bridgehead atoms. The molecule has 2 aliphatic heterocycles. The molecular formula is C17H29N7O4. The molecule has 1 saturated carbocycles. The maximum atomic E-state index is 10.5. The zero-order chi connectivity index (χ0) is 20.1. The fraction of sp³-hybridized carbons (Fsp3) is 0.765. The highest BCUT2D eigenvalue weighted by Crippen LogP contribution is 2.23. The summed E-state index contributed by atoms with van der Waals surface area (Å²) in [6.07, 6.45) is 4.84. The van der Waals surface area contributed by atoms with Crippen molar-refractivity contribution in [3.63, 3.8) is 0 Å². The molecule has 4 unspecified atom stereocenters. The van der Waals surface area contributed by atoms with Crippen molar-refractivity contribution in [1.82, 2.24) is 10.3 Å². The summed E-state index contributed by atoms with van der Waals surface area (Å²) in [7, 11) is 1.34. The second-order valence-electron chi connectivity index (χ2n) is 7.21. The van der Waals surface area contributed by atoms with Crippen LogP contribution < -0.4 is 11.2 Å². The lowest BCUT2D eigenvalue weighted by molar-refractivity contribution is -0.131. The summed E-state index contributed by atoms with van der Waals surface area (Å²) in [4.78, 5) is 14.2. The van der Waals surface area contributed by atoms with Crippen LogP contribution >= 0.6 is 0 Å². The molecule has 6 N–H and O–H groups in total. The predicted octanol–water partition coefficient (Wildman–Crippen LogP) is -1.41. The Kier molecular flexibility index (Phi) is 6.94. The molecule has 1 fully saturated rings. The van der Waals surface area contributed by atoms with Crippen LogP contribution in [-0.4, -0.2) is 88.9 Å². The Morgan fingerprint density at radius 3 is 2.82 bits per heavy atom. The Morgan fingerprint density at radius 2 is 2.14 bits per heavy atom. The third-order valence-corrected chi connectivity index (χ3v) is 5.32. The number of ether oxygens (including phenoxy) is 1. The summed E-state index contributed by atoms with van der Waals surface area (Å²) in [5.41, 5.74) is 8.81. The third-order valence-electron chi connectivity index (χ3n) is 5.32. The molecule has 0 amide bonds. The van der Waals surface area contributed by atoms with Gasteiger partial charge in [-0.25, -0.2) is 10.4 Å². The molecule has 156 valence electrons. The van der Waals surface area contributed by atoms with Crippen LogP contribution in [0.5, 0.6) is 0 Å². The van der Waals surface area contributed by atoms with Gasteiger partial charge in [0.25, 0.3) is 0 Å². The molecule has 11 nitrogen and oxygen atoms in total. The molecule has 1 aliphatic carbocycles. The number of aliphatic imine (C=N–C) groups is 3. The molecule has 2 heterocycles. The number of nitrogens with zero attached hydrogens (tertiary/aromatic N) is 5. The highest BCUT2D eigenvalue weighted by atomic mass is 16.5. The highest BCUT2D eigenvalue weighted by molar-refractivity contribution is 6.01. The lowest BCUT2D eigenvalue weighted by Gasteiger charge is -2.34. The van der Waals surface area contributed by atoms with Crippen molar-refractivity contribution < 1.29 is 20.1 Å². The van der Waals surface area contributed by atoms with E-state index in [1.165, 1.54) is 37.6 Å². The number of guanidine groups is 1. The maximum Gasteiger partial charge on any atom is 0.242 e. The minimum Gasteiger partial charge on any atom is -0.394 e. The van der Waals surface area contributed by atoms with Gasteiger partial charge in [-0.15, -0.1) is 0 Å². The Labute approximate surface area is 163 Å². The summed E-state index contributed by atoms with van der Waals surface area (Å²) < 4.78 is 4.98. The summed E-state index contributed by atoms with van der Waals surface area (Å²) in [6, 6.07) is -0.565. The van der Waals surface area contributed by atoms with E-state index in [2.05, 4.69) is 25.5 Å². The number of hydrogen-bond acceptors (Lipinski definition) is 11. The number of hydrogen-bond donors (Lipinski definition) is 5. The molecule has 0 radical (unpaired) electrons. The molecule has 0 saturated heterocycles. The molecular weight excluding hydrogens is 366 g/mol. The van der Waals surface area contributed by atoms with Gasteiger partial charge in [0.15, 0.2) is 12.4 Å². The van der Waals surface area contributed by atoms with Crippen LogP contribution in [0.4, 0.5) is 0 Å². The largest absolute Gasteiger partial charge is 0.394 e. The Balaban J connectivity index is 1.66. The predicted molar refractivity (Wildman–Crippen MR) is 105 cm³/mol. The number of aliphatic hydroxyl groups is 3. The zero-order valence-electron chi connectivity index (χ0n) is 15.9. The number of nitrogens with one attached hydrogen (secondary N) is 1. The van der Waals surface area contributed by atoms with E-state index in [-0.39, 0.29) is 11.8 Å². The summed E-state index contributed by atoms with van der Waals surface area (Å²) in [6.45, 7) is -0.441. The zero-order valence-corrected chi connectivity index (χ0v) is 15.9. The highest BCUT2D eigenvalue weighted by Gasteiger charge is 2.42. The van der Waals surface area contributed by atoms with E-state index in [0.29, 0.717) is 5.92 Å². The minimum atomic E-state index is -1.39. The first-order valence-electron chi connectivity index (χ1n) is 9.56. The molecule has 0 aromatic heterocycles. The molecule has 28 heavy (non-hydrogen) atoms. The van der Waals surface area contributed by atoms with E-state index in [1.54, 1.807) is 0 Å². The Morgan fingerprint density at radius 1 is 1.39 bits per heavy atom. The molecule has 11 heteroatoms. The van der Waals surface area contributed by atoms with Crippen molar-refractivity contribution in [3.8, 4) is 0 Å². The smallest absolute Gasteiger partial charge is 0.242 e. The first-order chi connectivity index (χ1) is 13.5. The topological polar surface area (TPSA) is 161 Å². The normalized spacial score (nSPS) is 28.6. The van der Waals surface area contributed by atoms with Gasteiger partial charge in [0.05, 0.1) is 12.9 Å². The van der Waals surface area contributed by atoms with Gasteiger partial charge in [-0.05, 0) is 18.8 Å². The second kappa shape index (κ2) is 9.41. The van der Waals surface area contributed by atoms with Gasteiger partial charge in [-0.3, -0.25) is 4.99 Å². The van der Waals surface area contributed by atoms with Gasteiger partial charge >= 0.3 is 0 Å². The van der Waals surface area contributed by atoms with E-state index < -0.39 is 37.3 Å². The van der Waals surface area contributed by atoms with Crippen molar-refractivity contribution in [2.45, 2.75) is 62.7 Å². The van der Waals surface area contributed by atoms with Crippen molar-refractivity contribution in [3.05, 3.63) is 0 Å². The summed E-state index contributed by atoms with van der Waals surface area (Å²) >= 11 is 0. The summed E-state index contributed by atoms with van der Waals surface area (Å²) in [5.74, 6) is 0.905. The number of nitrogens with two attached hydrogens (primary N) is 1. The number of methoxy groups -OCH3 is 1. The van der Waals surface area contributed by atoms with Crippen molar-refractivity contribution in [2.75, 3.05) is 13.7 Å². The molecule has 5 atom stereocenters. The van der Waals surface area contributed by atoms with Crippen molar-refractivity contribution in [1.29, 1.82) is 0 Å². The van der Waals surface area contributed by atoms with Crippen LogP contribution in [0, 0.1) is 5.92 Å². The lowest BCUT2D eigenvalue weighted by Crippen LogP contribution is -2.55. The van der Waals surface area contributed by atoms with Crippen LogP contribution in [0.3, 0.4) is 0 Å². The average Bonchev–Trinajstić information content (AvgIpc) is 3.13. The van der Waals surface area contributed by atoms with Gasteiger partial charge in [-0.1, -0.05) is 19.3 Å². The molecule has 0 spiro atoms. The van der Waals surface area contributed by atoms with Crippen LogP contribution in [0.15, 0.2) is 20.1 Å². The Bertz CT molecular complexity index is 643. The van der Waals surface area contributed by atoms with Crippen LogP contribution in [0.25, 0.3) is 0 Å². The van der Waals surface area contributed by atoms with Crippen molar-refractivity contribution in [2.24, 2.45) is 31.7 Å². The first-order valence-corrected chi connectivity index (χ1v) is 9.56. The fourth-order valence-electron chi connectivity index (χ4n) is 3.62.